The van der Waals surface area contributed by atoms with E-state index in [2.05, 4.69) is 6.92 Å². The third-order valence-electron chi connectivity index (χ3n) is 2.15. The van der Waals surface area contributed by atoms with E-state index < -0.39 is 7.28 Å². The fourth-order valence-corrected chi connectivity index (χ4v) is 3.44. The Morgan fingerprint density at radius 1 is 0.769 bits per heavy atom. The van der Waals surface area contributed by atoms with Crippen LogP contribution < -0.4 is 0 Å². The predicted molar refractivity (Wildman–Crippen MR) is 57.7 cm³/mol. The second-order valence-corrected chi connectivity index (χ2v) is 7.42. The molecule has 0 rings (SSSR count). The Kier molecular flexibility index (Phi) is 5.38. The van der Waals surface area contributed by atoms with E-state index >= 15 is 0 Å². The molecule has 0 aromatic carbocycles. The molecular formula is C9H23O3P. The average molecular weight is 210 g/mol. The molecule has 0 fully saturated rings. The zero-order chi connectivity index (χ0) is 10.4. The Morgan fingerprint density at radius 3 is 1.85 bits per heavy atom. The molecule has 0 radical (unpaired) electrons. The number of unbranched alkanes of at least 4 members (excludes halogenated alkanes) is 3. The first kappa shape index (κ1) is 13.3. The summed E-state index contributed by atoms with van der Waals surface area (Å²) in [7, 11) is -4.21. The van der Waals surface area contributed by atoms with E-state index in [4.69, 9.17) is 0 Å². The Morgan fingerprint density at radius 2 is 1.38 bits per heavy atom. The third-order valence-corrected chi connectivity index (χ3v) is 4.75. The molecule has 3 nitrogen and oxygen atoms in total. The topological polar surface area (TPSA) is 60.7 Å². The molecule has 0 aliphatic rings. The molecule has 0 aliphatic carbocycles. The van der Waals surface area contributed by atoms with Crippen LogP contribution in [-0.2, 0) is 0 Å². The first-order valence-electron chi connectivity index (χ1n) is 5.15. The van der Waals surface area contributed by atoms with Gasteiger partial charge in [-0.15, -0.1) is 0 Å². The van der Waals surface area contributed by atoms with Gasteiger partial charge in [-0.25, -0.2) is 0 Å². The summed E-state index contributed by atoms with van der Waals surface area (Å²) in [6.07, 6.45) is 4.85. The van der Waals surface area contributed by atoms with Crippen molar-refractivity contribution >= 4 is 7.28 Å². The van der Waals surface area contributed by atoms with E-state index in [0.717, 1.165) is 25.7 Å². The second kappa shape index (κ2) is 5.26. The molecule has 0 saturated heterocycles. The van der Waals surface area contributed by atoms with Gasteiger partial charge in [0, 0.05) is 0 Å². The molecule has 0 aromatic rings. The van der Waals surface area contributed by atoms with E-state index in [0.29, 0.717) is 6.42 Å². The SMILES string of the molecule is CCCCCCP(O)(O)(O)CCC. The number of hydrogen-bond acceptors (Lipinski definition) is 3. The van der Waals surface area contributed by atoms with Gasteiger partial charge in [0.1, 0.15) is 0 Å². The van der Waals surface area contributed by atoms with Gasteiger partial charge in [-0.3, -0.25) is 0 Å². The normalized spacial score (nSPS) is 15.3. The number of hydrogen-bond donors (Lipinski definition) is 3. The summed E-state index contributed by atoms with van der Waals surface area (Å²) in [5, 5.41) is 0. The maximum atomic E-state index is 9.52. The van der Waals surface area contributed by atoms with Crippen molar-refractivity contribution in [2.45, 2.75) is 46.0 Å². The molecule has 0 heterocycles. The van der Waals surface area contributed by atoms with Crippen molar-refractivity contribution in [2.75, 3.05) is 12.3 Å². The zero-order valence-corrected chi connectivity index (χ0v) is 9.63. The monoisotopic (exact) mass is 210 g/mol. The van der Waals surface area contributed by atoms with Crippen molar-refractivity contribution in [1.82, 2.24) is 0 Å². The summed E-state index contributed by atoms with van der Waals surface area (Å²) >= 11 is 0. The number of rotatable bonds is 7. The van der Waals surface area contributed by atoms with Crippen molar-refractivity contribution in [1.29, 1.82) is 0 Å². The molecule has 0 bridgehead atoms. The van der Waals surface area contributed by atoms with E-state index in [1.165, 1.54) is 0 Å². The fraction of sp³-hybridized carbons (Fsp3) is 1.00. The van der Waals surface area contributed by atoms with Crippen LogP contribution in [0, 0.1) is 0 Å². The molecule has 0 amide bonds. The van der Waals surface area contributed by atoms with Crippen LogP contribution in [0.25, 0.3) is 0 Å². The Labute approximate surface area is 81.0 Å². The first-order valence-corrected chi connectivity index (χ1v) is 7.61. The summed E-state index contributed by atoms with van der Waals surface area (Å²) < 4.78 is 0. The quantitative estimate of drug-likeness (QED) is 0.446. The molecule has 3 N–H and O–H groups in total. The summed E-state index contributed by atoms with van der Waals surface area (Å²) in [6, 6.07) is 0. The van der Waals surface area contributed by atoms with Gasteiger partial charge in [-0.1, -0.05) is 0 Å². The molecule has 13 heavy (non-hydrogen) atoms. The van der Waals surface area contributed by atoms with Crippen LogP contribution >= 0.6 is 7.28 Å². The molecule has 0 unspecified atom stereocenters. The van der Waals surface area contributed by atoms with E-state index in [9.17, 15) is 14.7 Å². The average Bonchev–Trinajstić information content (AvgIpc) is 1.97. The van der Waals surface area contributed by atoms with Gasteiger partial charge in [0.05, 0.1) is 0 Å². The van der Waals surface area contributed by atoms with E-state index in [-0.39, 0.29) is 12.3 Å². The van der Waals surface area contributed by atoms with Gasteiger partial charge in [0.25, 0.3) is 0 Å². The van der Waals surface area contributed by atoms with E-state index in [1.54, 1.807) is 0 Å². The summed E-state index contributed by atoms with van der Waals surface area (Å²) in [4.78, 5) is 28.6. The molecule has 4 heteroatoms. The minimum absolute atomic E-state index is 0.151. The molecule has 0 atom stereocenters. The standard InChI is InChI=1S/C9H23O3P/c1-3-5-6-7-9-13(10,11,12)8-4-2/h10-12H,3-9H2,1-2H3. The van der Waals surface area contributed by atoms with Crippen molar-refractivity contribution in [3.8, 4) is 0 Å². The zero-order valence-electron chi connectivity index (χ0n) is 8.74. The van der Waals surface area contributed by atoms with Gasteiger partial charge >= 0.3 is 80.2 Å². The Bertz CT molecular complexity index is 140. The van der Waals surface area contributed by atoms with Crippen LogP contribution in [-0.4, -0.2) is 27.0 Å². The van der Waals surface area contributed by atoms with Crippen LogP contribution in [0.4, 0.5) is 0 Å². The predicted octanol–water partition coefficient (Wildman–Crippen LogP) is 2.25. The molecule has 82 valence electrons. The molecule has 0 aromatic heterocycles. The van der Waals surface area contributed by atoms with Crippen LogP contribution in [0.5, 0.6) is 0 Å². The van der Waals surface area contributed by atoms with E-state index in [1.807, 2.05) is 6.92 Å². The fourth-order valence-electron chi connectivity index (χ4n) is 1.43. The van der Waals surface area contributed by atoms with Crippen LogP contribution in [0.2, 0.25) is 0 Å². The third kappa shape index (κ3) is 7.39. The second-order valence-electron chi connectivity index (χ2n) is 3.85. The van der Waals surface area contributed by atoms with Gasteiger partial charge in [0.2, 0.25) is 0 Å². The first-order chi connectivity index (χ1) is 5.89. The van der Waals surface area contributed by atoms with Gasteiger partial charge in [-0.2, -0.15) is 0 Å². The van der Waals surface area contributed by atoms with Gasteiger partial charge in [-0.05, 0) is 0 Å². The Hall–Kier alpha value is 0.310. The summed E-state index contributed by atoms with van der Waals surface area (Å²) in [5.74, 6) is 0. The van der Waals surface area contributed by atoms with Gasteiger partial charge in [0.15, 0.2) is 0 Å². The molecule has 0 spiro atoms. The minimum atomic E-state index is -4.21. The van der Waals surface area contributed by atoms with Gasteiger partial charge < -0.3 is 0 Å². The molecule has 0 aliphatic heterocycles. The summed E-state index contributed by atoms with van der Waals surface area (Å²) in [6.45, 7) is 3.94. The van der Waals surface area contributed by atoms with Crippen LogP contribution in [0.1, 0.15) is 46.0 Å². The van der Waals surface area contributed by atoms with Crippen LogP contribution in [0.15, 0.2) is 0 Å². The van der Waals surface area contributed by atoms with Crippen molar-refractivity contribution < 1.29 is 14.7 Å². The molecular weight excluding hydrogens is 187 g/mol. The Balaban J connectivity index is 3.73. The van der Waals surface area contributed by atoms with Crippen LogP contribution in [0.3, 0.4) is 0 Å². The van der Waals surface area contributed by atoms with Crippen molar-refractivity contribution in [3.05, 3.63) is 0 Å². The van der Waals surface area contributed by atoms with Crippen molar-refractivity contribution in [3.63, 3.8) is 0 Å². The maximum absolute atomic E-state index is 9.52. The molecule has 0 saturated carbocycles. The summed E-state index contributed by atoms with van der Waals surface area (Å²) in [5.41, 5.74) is 0. The van der Waals surface area contributed by atoms with Crippen molar-refractivity contribution in [2.24, 2.45) is 0 Å².